The van der Waals surface area contributed by atoms with Crippen LogP contribution in [-0.4, -0.2) is 12.8 Å². The lowest BCUT2D eigenvalue weighted by Crippen LogP contribution is -2.13. The van der Waals surface area contributed by atoms with E-state index in [9.17, 15) is 0 Å². The summed E-state index contributed by atoms with van der Waals surface area (Å²) in [4.78, 5) is 4.01. The Morgan fingerprint density at radius 3 is 2.73 bits per heavy atom. The van der Waals surface area contributed by atoms with Gasteiger partial charge in [0.05, 0.1) is 6.04 Å². The molecule has 0 N–H and O–H groups in total. The average molecular weight is 147 g/mol. The fourth-order valence-electron chi connectivity index (χ4n) is 1.20. The fraction of sp³-hybridized carbons (Fsp3) is 0.300. The summed E-state index contributed by atoms with van der Waals surface area (Å²) in [5.74, 6) is 0.405. The lowest BCUT2D eigenvalue weighted by molar-refractivity contribution is 0.690. The monoisotopic (exact) mass is 147 g/mol. The SMILES string of the molecule is C=NC1C=CC=CC1/C=C\C. The predicted molar refractivity (Wildman–Crippen MR) is 49.9 cm³/mol. The van der Waals surface area contributed by atoms with Crippen LogP contribution in [-0.2, 0) is 0 Å². The second kappa shape index (κ2) is 3.91. The van der Waals surface area contributed by atoms with E-state index in [2.05, 4.69) is 29.9 Å². The van der Waals surface area contributed by atoms with Crippen molar-refractivity contribution in [3.8, 4) is 0 Å². The molecule has 0 aliphatic heterocycles. The molecule has 0 aromatic rings. The minimum absolute atomic E-state index is 0.233. The molecule has 1 rings (SSSR count). The van der Waals surface area contributed by atoms with Crippen LogP contribution in [0, 0.1) is 5.92 Å². The smallest absolute Gasteiger partial charge is 0.0772 e. The first-order valence-electron chi connectivity index (χ1n) is 3.82. The van der Waals surface area contributed by atoms with E-state index in [0.717, 1.165) is 0 Å². The van der Waals surface area contributed by atoms with Crippen molar-refractivity contribution in [1.29, 1.82) is 0 Å². The van der Waals surface area contributed by atoms with Crippen LogP contribution >= 0.6 is 0 Å². The molecule has 0 aromatic carbocycles. The van der Waals surface area contributed by atoms with Gasteiger partial charge in [0.2, 0.25) is 0 Å². The lowest BCUT2D eigenvalue weighted by atomic mass is 9.95. The third kappa shape index (κ3) is 1.90. The Morgan fingerprint density at radius 1 is 1.36 bits per heavy atom. The zero-order valence-electron chi connectivity index (χ0n) is 6.77. The van der Waals surface area contributed by atoms with Gasteiger partial charge in [0, 0.05) is 5.92 Å². The van der Waals surface area contributed by atoms with Crippen LogP contribution in [0.15, 0.2) is 41.4 Å². The molecule has 2 atom stereocenters. The van der Waals surface area contributed by atoms with Crippen molar-refractivity contribution in [3.05, 3.63) is 36.5 Å². The van der Waals surface area contributed by atoms with E-state index in [-0.39, 0.29) is 6.04 Å². The van der Waals surface area contributed by atoms with Gasteiger partial charge in [-0.05, 0) is 13.6 Å². The Labute approximate surface area is 67.8 Å². The van der Waals surface area contributed by atoms with Gasteiger partial charge in [-0.25, -0.2) is 0 Å². The number of hydrogen-bond acceptors (Lipinski definition) is 1. The first-order valence-corrected chi connectivity index (χ1v) is 3.82. The molecule has 2 unspecified atom stereocenters. The van der Waals surface area contributed by atoms with Crippen molar-refractivity contribution in [1.82, 2.24) is 0 Å². The molecular formula is C10H13N. The molecule has 1 aliphatic carbocycles. The largest absolute Gasteiger partial charge is 0.293 e. The van der Waals surface area contributed by atoms with Crippen LogP contribution in [0.1, 0.15) is 6.92 Å². The first kappa shape index (κ1) is 7.99. The molecule has 11 heavy (non-hydrogen) atoms. The van der Waals surface area contributed by atoms with Gasteiger partial charge in [0.1, 0.15) is 0 Å². The van der Waals surface area contributed by atoms with Crippen molar-refractivity contribution >= 4 is 6.72 Å². The molecule has 0 saturated heterocycles. The second-order valence-electron chi connectivity index (χ2n) is 2.55. The Bertz CT molecular complexity index is 211. The Balaban J connectivity index is 2.70. The molecule has 1 aliphatic rings. The van der Waals surface area contributed by atoms with Gasteiger partial charge in [-0.1, -0.05) is 36.5 Å². The van der Waals surface area contributed by atoms with Crippen LogP contribution < -0.4 is 0 Å². The maximum Gasteiger partial charge on any atom is 0.0772 e. The molecule has 0 radical (unpaired) electrons. The van der Waals surface area contributed by atoms with Crippen LogP contribution in [0.3, 0.4) is 0 Å². The van der Waals surface area contributed by atoms with E-state index in [1.807, 2.05) is 25.2 Å². The van der Waals surface area contributed by atoms with E-state index in [1.54, 1.807) is 0 Å². The fourth-order valence-corrected chi connectivity index (χ4v) is 1.20. The molecular weight excluding hydrogens is 134 g/mol. The summed E-state index contributed by atoms with van der Waals surface area (Å²) in [6.45, 7) is 5.57. The van der Waals surface area contributed by atoms with Crippen molar-refractivity contribution in [2.45, 2.75) is 13.0 Å². The van der Waals surface area contributed by atoms with E-state index in [0.29, 0.717) is 5.92 Å². The summed E-state index contributed by atoms with van der Waals surface area (Å²) in [5.41, 5.74) is 0. The Kier molecular flexibility index (Phi) is 2.84. The lowest BCUT2D eigenvalue weighted by Gasteiger charge is -2.15. The molecule has 0 spiro atoms. The van der Waals surface area contributed by atoms with Gasteiger partial charge in [-0.2, -0.15) is 0 Å². The second-order valence-corrected chi connectivity index (χ2v) is 2.55. The highest BCUT2D eigenvalue weighted by atomic mass is 14.7. The number of allylic oxidation sites excluding steroid dienone is 3. The van der Waals surface area contributed by atoms with Crippen molar-refractivity contribution < 1.29 is 0 Å². The Hall–Kier alpha value is -1.11. The van der Waals surface area contributed by atoms with Gasteiger partial charge in [-0.3, -0.25) is 4.99 Å². The predicted octanol–water partition coefficient (Wildman–Crippen LogP) is 2.37. The minimum Gasteiger partial charge on any atom is -0.293 e. The number of nitrogens with zero attached hydrogens (tertiary/aromatic N) is 1. The highest BCUT2D eigenvalue weighted by Crippen LogP contribution is 2.16. The highest BCUT2D eigenvalue weighted by Gasteiger charge is 2.12. The number of rotatable bonds is 2. The summed E-state index contributed by atoms with van der Waals surface area (Å²) in [6.07, 6.45) is 12.5. The summed E-state index contributed by atoms with van der Waals surface area (Å²) >= 11 is 0. The number of aliphatic imine (C=N–C) groups is 1. The highest BCUT2D eigenvalue weighted by molar-refractivity contribution is 5.30. The van der Waals surface area contributed by atoms with Gasteiger partial charge in [-0.15, -0.1) is 0 Å². The molecule has 0 fully saturated rings. The van der Waals surface area contributed by atoms with Crippen molar-refractivity contribution in [2.24, 2.45) is 10.9 Å². The Morgan fingerprint density at radius 2 is 2.09 bits per heavy atom. The maximum absolute atomic E-state index is 4.01. The minimum atomic E-state index is 0.233. The molecule has 1 nitrogen and oxygen atoms in total. The summed E-state index contributed by atoms with van der Waals surface area (Å²) in [5, 5.41) is 0. The van der Waals surface area contributed by atoms with Gasteiger partial charge in [0.15, 0.2) is 0 Å². The molecule has 0 saturated carbocycles. The van der Waals surface area contributed by atoms with Crippen LogP contribution in [0.25, 0.3) is 0 Å². The average Bonchev–Trinajstić information content (AvgIpc) is 2.06. The van der Waals surface area contributed by atoms with E-state index in [4.69, 9.17) is 0 Å². The normalized spacial score (nSPS) is 29.5. The topological polar surface area (TPSA) is 12.4 Å². The first-order chi connectivity index (χ1) is 5.38. The van der Waals surface area contributed by atoms with E-state index < -0.39 is 0 Å². The third-order valence-electron chi connectivity index (χ3n) is 1.77. The maximum atomic E-state index is 4.01. The summed E-state index contributed by atoms with van der Waals surface area (Å²) < 4.78 is 0. The third-order valence-corrected chi connectivity index (χ3v) is 1.77. The van der Waals surface area contributed by atoms with Crippen LogP contribution in [0.4, 0.5) is 0 Å². The summed E-state index contributed by atoms with van der Waals surface area (Å²) in [6, 6.07) is 0.233. The molecule has 0 heterocycles. The quantitative estimate of drug-likeness (QED) is 0.420. The van der Waals surface area contributed by atoms with Crippen LogP contribution in [0.5, 0.6) is 0 Å². The molecule has 0 amide bonds. The summed E-state index contributed by atoms with van der Waals surface area (Å²) in [7, 11) is 0. The zero-order valence-corrected chi connectivity index (χ0v) is 6.77. The molecule has 0 bridgehead atoms. The molecule has 58 valence electrons. The van der Waals surface area contributed by atoms with E-state index in [1.165, 1.54) is 0 Å². The van der Waals surface area contributed by atoms with Crippen molar-refractivity contribution in [3.63, 3.8) is 0 Å². The molecule has 1 heteroatoms. The number of hydrogen-bond donors (Lipinski definition) is 0. The van der Waals surface area contributed by atoms with Gasteiger partial charge in [0.25, 0.3) is 0 Å². The van der Waals surface area contributed by atoms with Gasteiger partial charge < -0.3 is 0 Å². The molecule has 0 aromatic heterocycles. The standard InChI is InChI=1S/C10H13N/c1-3-6-9-7-4-5-8-10(9)11-2/h3-10H,2H2,1H3/b6-3-. The zero-order chi connectivity index (χ0) is 8.10. The van der Waals surface area contributed by atoms with Gasteiger partial charge >= 0.3 is 0 Å². The van der Waals surface area contributed by atoms with Crippen LogP contribution in [0.2, 0.25) is 0 Å². The van der Waals surface area contributed by atoms with E-state index >= 15 is 0 Å². The van der Waals surface area contributed by atoms with Crippen molar-refractivity contribution in [2.75, 3.05) is 0 Å².